The van der Waals surface area contributed by atoms with Crippen molar-refractivity contribution in [3.8, 4) is 0 Å². The van der Waals surface area contributed by atoms with Crippen LogP contribution in [-0.4, -0.2) is 54.3 Å². The highest BCUT2D eigenvalue weighted by atomic mass is 16.3. The van der Waals surface area contributed by atoms with Crippen LogP contribution in [-0.2, 0) is 42.8 Å². The van der Waals surface area contributed by atoms with Gasteiger partial charge >= 0.3 is 6.03 Å². The number of nitrogens with one attached hydrogen (secondary N) is 2. The van der Waals surface area contributed by atoms with E-state index in [4.69, 9.17) is 9.90 Å². The molecule has 0 spiro atoms. The SMILES string of the molecule is Cn1ccnc1CNC(=O)NCc1cc2n(n1)CCN(C(=O)C1CCC1)C2.O=CO. The molecule has 0 atom stereocenters. The summed E-state index contributed by atoms with van der Waals surface area (Å²) in [7, 11) is 1.89. The van der Waals surface area contributed by atoms with Gasteiger partial charge in [-0.25, -0.2) is 9.78 Å². The average molecular weight is 417 g/mol. The molecule has 11 heteroatoms. The van der Waals surface area contributed by atoms with Crippen LogP contribution in [0.1, 0.15) is 36.5 Å². The molecule has 0 saturated heterocycles. The minimum Gasteiger partial charge on any atom is -0.483 e. The van der Waals surface area contributed by atoms with E-state index < -0.39 is 0 Å². The lowest BCUT2D eigenvalue weighted by Gasteiger charge is -2.34. The van der Waals surface area contributed by atoms with Crippen LogP contribution in [0.3, 0.4) is 0 Å². The van der Waals surface area contributed by atoms with Crippen molar-refractivity contribution in [1.82, 2.24) is 34.9 Å². The van der Waals surface area contributed by atoms with Gasteiger partial charge in [-0.15, -0.1) is 0 Å². The summed E-state index contributed by atoms with van der Waals surface area (Å²) in [5.74, 6) is 1.30. The van der Waals surface area contributed by atoms with Crippen molar-refractivity contribution in [3.05, 3.63) is 35.7 Å². The molecule has 1 saturated carbocycles. The highest BCUT2D eigenvalue weighted by Crippen LogP contribution is 2.29. The first-order valence-electron chi connectivity index (χ1n) is 9.92. The van der Waals surface area contributed by atoms with E-state index in [-0.39, 0.29) is 24.3 Å². The van der Waals surface area contributed by atoms with Gasteiger partial charge in [-0.1, -0.05) is 6.42 Å². The molecule has 1 fully saturated rings. The number of hydrogen-bond donors (Lipinski definition) is 3. The highest BCUT2D eigenvalue weighted by molar-refractivity contribution is 5.79. The Morgan fingerprint density at radius 3 is 2.63 bits per heavy atom. The number of hydrogen-bond acceptors (Lipinski definition) is 5. The first-order valence-corrected chi connectivity index (χ1v) is 9.92. The van der Waals surface area contributed by atoms with Gasteiger partial charge in [0.05, 0.1) is 37.6 Å². The van der Waals surface area contributed by atoms with Gasteiger partial charge in [0.2, 0.25) is 5.91 Å². The lowest BCUT2D eigenvalue weighted by molar-refractivity contribution is -0.139. The van der Waals surface area contributed by atoms with E-state index in [1.165, 1.54) is 6.42 Å². The second-order valence-electron chi connectivity index (χ2n) is 7.33. The lowest BCUT2D eigenvalue weighted by Crippen LogP contribution is -2.43. The van der Waals surface area contributed by atoms with Crippen LogP contribution in [0.15, 0.2) is 18.5 Å². The second-order valence-corrected chi connectivity index (χ2v) is 7.33. The largest absolute Gasteiger partial charge is 0.483 e. The lowest BCUT2D eigenvalue weighted by atomic mass is 9.84. The van der Waals surface area contributed by atoms with Gasteiger partial charge < -0.3 is 25.2 Å². The van der Waals surface area contributed by atoms with E-state index in [2.05, 4.69) is 20.7 Å². The topological polar surface area (TPSA) is 134 Å². The van der Waals surface area contributed by atoms with Crippen LogP contribution >= 0.6 is 0 Å². The summed E-state index contributed by atoms with van der Waals surface area (Å²) >= 11 is 0. The zero-order valence-corrected chi connectivity index (χ0v) is 17.0. The summed E-state index contributed by atoms with van der Waals surface area (Å²) in [4.78, 5) is 38.9. The summed E-state index contributed by atoms with van der Waals surface area (Å²) in [6.45, 7) is 2.49. The third kappa shape index (κ3) is 5.16. The minimum atomic E-state index is -0.259. The maximum absolute atomic E-state index is 12.4. The molecule has 0 aromatic carbocycles. The fraction of sp³-hybridized carbons (Fsp3) is 0.526. The Bertz CT molecular complexity index is 887. The summed E-state index contributed by atoms with van der Waals surface area (Å²) in [5.41, 5.74) is 1.83. The Hall–Kier alpha value is -3.37. The molecule has 3 heterocycles. The van der Waals surface area contributed by atoms with E-state index >= 15 is 0 Å². The molecule has 0 unspecified atom stereocenters. The van der Waals surface area contributed by atoms with E-state index in [1.54, 1.807) is 6.20 Å². The maximum atomic E-state index is 12.4. The molecule has 11 nitrogen and oxygen atoms in total. The zero-order valence-electron chi connectivity index (χ0n) is 17.0. The van der Waals surface area contributed by atoms with Crippen molar-refractivity contribution in [2.45, 2.75) is 45.4 Å². The van der Waals surface area contributed by atoms with Crippen molar-refractivity contribution >= 4 is 18.4 Å². The van der Waals surface area contributed by atoms with Gasteiger partial charge in [-0.05, 0) is 18.9 Å². The number of amides is 3. The molecule has 3 N–H and O–H groups in total. The molecule has 162 valence electrons. The van der Waals surface area contributed by atoms with E-state index in [1.807, 2.05) is 33.5 Å². The summed E-state index contributed by atoms with van der Waals surface area (Å²) in [6.07, 6.45) is 6.75. The Morgan fingerprint density at radius 2 is 2.00 bits per heavy atom. The number of aromatic nitrogens is 4. The molecule has 1 aliphatic carbocycles. The Labute approximate surface area is 174 Å². The van der Waals surface area contributed by atoms with Crippen molar-refractivity contribution < 1.29 is 19.5 Å². The van der Waals surface area contributed by atoms with Crippen LogP contribution in [0.2, 0.25) is 0 Å². The number of carbonyl (C=O) groups excluding carboxylic acids is 2. The molecular weight excluding hydrogens is 390 g/mol. The molecule has 2 aromatic rings. The van der Waals surface area contributed by atoms with Crippen LogP contribution in [0, 0.1) is 5.92 Å². The van der Waals surface area contributed by atoms with Gasteiger partial charge in [-0.2, -0.15) is 5.10 Å². The van der Waals surface area contributed by atoms with E-state index in [0.717, 1.165) is 30.1 Å². The second kappa shape index (κ2) is 9.90. The van der Waals surface area contributed by atoms with Crippen molar-refractivity contribution in [3.63, 3.8) is 0 Å². The van der Waals surface area contributed by atoms with Crippen LogP contribution in [0.5, 0.6) is 0 Å². The average Bonchev–Trinajstić information content (AvgIpc) is 3.28. The highest BCUT2D eigenvalue weighted by Gasteiger charge is 2.31. The molecule has 2 aliphatic rings. The van der Waals surface area contributed by atoms with Crippen LogP contribution in [0.25, 0.3) is 0 Å². The molecule has 30 heavy (non-hydrogen) atoms. The molecule has 0 bridgehead atoms. The third-order valence-corrected chi connectivity index (χ3v) is 5.37. The van der Waals surface area contributed by atoms with Crippen molar-refractivity contribution in [1.29, 1.82) is 0 Å². The Morgan fingerprint density at radius 1 is 1.27 bits per heavy atom. The van der Waals surface area contributed by atoms with Gasteiger partial charge in [0.1, 0.15) is 5.82 Å². The maximum Gasteiger partial charge on any atom is 0.315 e. The summed E-state index contributed by atoms with van der Waals surface area (Å²) < 4.78 is 3.80. The number of fused-ring (bicyclic) bond motifs is 1. The van der Waals surface area contributed by atoms with Crippen LogP contribution < -0.4 is 10.6 Å². The first-order chi connectivity index (χ1) is 14.5. The molecule has 1 aliphatic heterocycles. The number of imidazole rings is 1. The fourth-order valence-electron chi connectivity index (χ4n) is 3.47. The smallest absolute Gasteiger partial charge is 0.315 e. The summed E-state index contributed by atoms with van der Waals surface area (Å²) in [5, 5.41) is 17.0. The number of carbonyl (C=O) groups is 3. The number of urea groups is 1. The Balaban J connectivity index is 0.000000806. The number of rotatable bonds is 5. The number of aryl methyl sites for hydroxylation is 1. The quantitative estimate of drug-likeness (QED) is 0.605. The fourth-order valence-corrected chi connectivity index (χ4v) is 3.47. The van der Waals surface area contributed by atoms with Crippen LogP contribution in [0.4, 0.5) is 4.79 Å². The predicted octanol–water partition coefficient (Wildman–Crippen LogP) is 0.459. The summed E-state index contributed by atoms with van der Waals surface area (Å²) in [6, 6.07) is 1.71. The van der Waals surface area contributed by atoms with Gasteiger partial charge in [0.15, 0.2) is 0 Å². The monoisotopic (exact) mass is 417 g/mol. The molecule has 4 rings (SSSR count). The minimum absolute atomic E-state index is 0.225. The number of carboxylic acid groups (broad SMARTS) is 1. The normalized spacial score (nSPS) is 15.3. The van der Waals surface area contributed by atoms with E-state index in [9.17, 15) is 9.59 Å². The third-order valence-electron chi connectivity index (χ3n) is 5.37. The van der Waals surface area contributed by atoms with Crippen molar-refractivity contribution in [2.24, 2.45) is 13.0 Å². The molecule has 2 aromatic heterocycles. The Kier molecular flexibility index (Phi) is 7.04. The molecule has 0 radical (unpaired) electrons. The predicted molar refractivity (Wildman–Crippen MR) is 106 cm³/mol. The standard InChI is InChI=1S/C18H25N7O2.CH2O2/c1-23-6-5-19-16(23)11-21-18(27)20-10-14-9-15-12-24(7-8-25(15)22-14)17(26)13-3-2-4-13;2-1-3/h5-6,9,13H,2-4,7-8,10-12H2,1H3,(H2,20,21,27);1H,(H,2,3). The van der Waals surface area contributed by atoms with Gasteiger partial charge in [0, 0.05) is 31.9 Å². The first kappa shape index (κ1) is 21.3. The number of nitrogens with zero attached hydrogens (tertiary/aromatic N) is 5. The van der Waals surface area contributed by atoms with Gasteiger partial charge in [0.25, 0.3) is 6.47 Å². The molecular formula is C19H27N7O4. The zero-order chi connectivity index (χ0) is 21.5. The van der Waals surface area contributed by atoms with E-state index in [0.29, 0.717) is 32.7 Å². The molecule has 3 amide bonds. The van der Waals surface area contributed by atoms with Gasteiger partial charge in [-0.3, -0.25) is 14.3 Å². The van der Waals surface area contributed by atoms with Crippen molar-refractivity contribution in [2.75, 3.05) is 6.54 Å².